The van der Waals surface area contributed by atoms with Crippen molar-refractivity contribution in [2.24, 2.45) is 0 Å². The smallest absolute Gasteiger partial charge is 0.305 e. The lowest BCUT2D eigenvalue weighted by atomic mass is 10.2. The normalized spacial score (nSPS) is 41.4. The third-order valence-electron chi connectivity index (χ3n) is 5.34. The monoisotopic (exact) mass is 344 g/mol. The molecule has 0 unspecified atom stereocenters. The molecule has 3 fully saturated rings. The highest BCUT2D eigenvalue weighted by Gasteiger charge is 2.82. The number of rotatable bonds is 3. The van der Waals surface area contributed by atoms with Crippen LogP contribution in [0.3, 0.4) is 0 Å². The van der Waals surface area contributed by atoms with Gasteiger partial charge in [-0.05, 0) is 32.0 Å². The van der Waals surface area contributed by atoms with Crippen molar-refractivity contribution in [1.29, 1.82) is 0 Å². The average Bonchev–Trinajstić information content (AvgIpc) is 2.86. The number of fused-ring (bicyclic) bond motifs is 3. The molecule has 2 aliphatic heterocycles. The van der Waals surface area contributed by atoms with Gasteiger partial charge in [0, 0.05) is 6.92 Å². The van der Waals surface area contributed by atoms with E-state index >= 15 is 0 Å². The van der Waals surface area contributed by atoms with Gasteiger partial charge in [0.05, 0.1) is 0 Å². The van der Waals surface area contributed by atoms with Crippen LogP contribution >= 0.6 is 0 Å². The summed E-state index contributed by atoms with van der Waals surface area (Å²) in [5, 5.41) is 0.0685. The minimum atomic E-state index is -2.02. The van der Waals surface area contributed by atoms with Gasteiger partial charge in [0.1, 0.15) is 12.2 Å². The van der Waals surface area contributed by atoms with Crippen molar-refractivity contribution in [1.82, 2.24) is 0 Å². The second-order valence-electron chi connectivity index (χ2n) is 8.72. The topological polar surface area (TPSA) is 66.5 Å². The summed E-state index contributed by atoms with van der Waals surface area (Å²) in [7, 11) is -2.02. The molecule has 3 aliphatic rings. The molecule has 0 bridgehead atoms. The van der Waals surface area contributed by atoms with Crippen LogP contribution in [0.25, 0.3) is 0 Å². The summed E-state index contributed by atoms with van der Waals surface area (Å²) in [6.45, 7) is 16.0. The molecule has 0 spiro atoms. The summed E-state index contributed by atoms with van der Waals surface area (Å²) in [5.74, 6) is -2.17. The van der Waals surface area contributed by atoms with Crippen LogP contribution in [0.4, 0.5) is 0 Å². The Kier molecular flexibility index (Phi) is 3.61. The Labute approximate surface area is 138 Å². The summed E-state index contributed by atoms with van der Waals surface area (Å²) in [6.07, 6.45) is -1.31. The lowest BCUT2D eigenvalue weighted by Crippen LogP contribution is -2.49. The van der Waals surface area contributed by atoms with Crippen LogP contribution in [0.1, 0.15) is 41.5 Å². The van der Waals surface area contributed by atoms with Crippen LogP contribution in [0.15, 0.2) is 0 Å². The molecular weight excluding hydrogens is 316 g/mol. The zero-order chi connectivity index (χ0) is 17.4. The molecule has 0 amide bonds. The zero-order valence-electron chi connectivity index (χ0n) is 15.3. The summed E-state index contributed by atoms with van der Waals surface area (Å²) < 4.78 is 29.8. The zero-order valence-corrected chi connectivity index (χ0v) is 16.3. The first-order valence-corrected chi connectivity index (χ1v) is 11.1. The van der Waals surface area contributed by atoms with Crippen LogP contribution in [-0.2, 0) is 28.2 Å². The van der Waals surface area contributed by atoms with E-state index in [-0.39, 0.29) is 29.3 Å². The van der Waals surface area contributed by atoms with E-state index in [0.717, 1.165) is 0 Å². The number of esters is 1. The molecular formula is C16H28O6Si. The first kappa shape index (κ1) is 17.4. The molecule has 0 aromatic rings. The number of epoxide rings is 1. The molecule has 1 aliphatic carbocycles. The van der Waals surface area contributed by atoms with E-state index in [1.807, 2.05) is 13.8 Å². The minimum Gasteiger partial charge on any atom is -0.427 e. The molecule has 2 heterocycles. The van der Waals surface area contributed by atoms with Crippen LogP contribution in [0.2, 0.25) is 18.1 Å². The van der Waals surface area contributed by atoms with E-state index < -0.39 is 26.0 Å². The molecule has 5 atom stereocenters. The van der Waals surface area contributed by atoms with E-state index in [1.54, 1.807) is 0 Å². The van der Waals surface area contributed by atoms with Gasteiger partial charge in [-0.1, -0.05) is 20.8 Å². The second-order valence-corrected chi connectivity index (χ2v) is 13.5. The van der Waals surface area contributed by atoms with Gasteiger partial charge < -0.3 is 23.4 Å². The maximum Gasteiger partial charge on any atom is 0.305 e. The molecule has 132 valence electrons. The molecule has 0 aromatic carbocycles. The molecule has 2 saturated heterocycles. The first-order chi connectivity index (χ1) is 10.3. The van der Waals surface area contributed by atoms with Gasteiger partial charge in [-0.15, -0.1) is 0 Å². The standard InChI is InChI=1S/C16H28O6Si/c1-9(17)18-16-12-10(19-15(5,6)20-12)11(13(16)21-16)22-23(7,8)14(2,3)4/h10-13H,1-8H3/t10-,11+,12-,13-,16+/m1/s1. The van der Waals surface area contributed by atoms with Crippen molar-refractivity contribution >= 4 is 14.3 Å². The fourth-order valence-corrected chi connectivity index (χ4v) is 4.50. The van der Waals surface area contributed by atoms with Gasteiger partial charge in [0.25, 0.3) is 5.79 Å². The Morgan fingerprint density at radius 3 is 2.22 bits per heavy atom. The van der Waals surface area contributed by atoms with Crippen LogP contribution in [-0.4, -0.2) is 50.3 Å². The highest BCUT2D eigenvalue weighted by atomic mass is 28.4. The lowest BCUT2D eigenvalue weighted by Gasteiger charge is -2.39. The van der Waals surface area contributed by atoms with Crippen LogP contribution in [0.5, 0.6) is 0 Å². The van der Waals surface area contributed by atoms with Gasteiger partial charge in [-0.2, -0.15) is 0 Å². The minimum absolute atomic E-state index is 0.0685. The van der Waals surface area contributed by atoms with Crippen molar-refractivity contribution in [3.05, 3.63) is 0 Å². The quantitative estimate of drug-likeness (QED) is 0.445. The molecule has 0 N–H and O–H groups in total. The molecule has 3 rings (SSSR count). The fourth-order valence-electron chi connectivity index (χ4n) is 3.21. The molecule has 6 nitrogen and oxygen atoms in total. The van der Waals surface area contributed by atoms with Gasteiger partial charge in [-0.3, -0.25) is 4.79 Å². The van der Waals surface area contributed by atoms with Crippen molar-refractivity contribution in [3.63, 3.8) is 0 Å². The predicted molar refractivity (Wildman–Crippen MR) is 85.3 cm³/mol. The highest BCUT2D eigenvalue weighted by Crippen LogP contribution is 2.59. The van der Waals surface area contributed by atoms with Crippen molar-refractivity contribution in [2.75, 3.05) is 0 Å². The summed E-state index contributed by atoms with van der Waals surface area (Å²) in [6, 6.07) is 0. The number of ether oxygens (including phenoxy) is 4. The summed E-state index contributed by atoms with van der Waals surface area (Å²) in [4.78, 5) is 11.5. The van der Waals surface area contributed by atoms with Crippen molar-refractivity contribution in [3.8, 4) is 0 Å². The van der Waals surface area contributed by atoms with Gasteiger partial charge in [0.15, 0.2) is 26.3 Å². The lowest BCUT2D eigenvalue weighted by molar-refractivity contribution is -0.190. The Balaban J connectivity index is 1.86. The average molecular weight is 344 g/mol. The molecule has 23 heavy (non-hydrogen) atoms. The maximum absolute atomic E-state index is 11.5. The maximum atomic E-state index is 11.5. The highest BCUT2D eigenvalue weighted by molar-refractivity contribution is 6.74. The number of carbonyl (C=O) groups is 1. The van der Waals surface area contributed by atoms with Crippen LogP contribution < -0.4 is 0 Å². The Morgan fingerprint density at radius 2 is 1.70 bits per heavy atom. The van der Waals surface area contributed by atoms with Crippen molar-refractivity contribution in [2.45, 2.75) is 95.7 Å². The Morgan fingerprint density at radius 1 is 1.09 bits per heavy atom. The number of hydrogen-bond donors (Lipinski definition) is 0. The number of carbonyl (C=O) groups excluding carboxylic acids is 1. The summed E-state index contributed by atoms with van der Waals surface area (Å²) >= 11 is 0. The van der Waals surface area contributed by atoms with Crippen molar-refractivity contribution < 1.29 is 28.2 Å². The fraction of sp³-hybridized carbons (Fsp3) is 0.938. The Bertz CT molecular complexity index is 525. The van der Waals surface area contributed by atoms with E-state index in [9.17, 15) is 4.79 Å². The van der Waals surface area contributed by atoms with Crippen LogP contribution in [0, 0.1) is 0 Å². The van der Waals surface area contributed by atoms with E-state index in [2.05, 4.69) is 33.9 Å². The van der Waals surface area contributed by atoms with Gasteiger partial charge >= 0.3 is 5.97 Å². The first-order valence-electron chi connectivity index (χ1n) is 8.20. The van der Waals surface area contributed by atoms with Gasteiger partial charge in [-0.25, -0.2) is 0 Å². The molecule has 0 aromatic heterocycles. The number of hydrogen-bond acceptors (Lipinski definition) is 6. The molecule has 1 saturated carbocycles. The van der Waals surface area contributed by atoms with Gasteiger partial charge in [0.2, 0.25) is 0 Å². The third kappa shape index (κ3) is 2.66. The second kappa shape index (κ2) is 4.79. The van der Waals surface area contributed by atoms with E-state index in [0.29, 0.717) is 0 Å². The molecule has 0 radical (unpaired) electrons. The van der Waals surface area contributed by atoms with E-state index in [1.165, 1.54) is 6.92 Å². The van der Waals surface area contributed by atoms with E-state index in [4.69, 9.17) is 23.4 Å². The summed E-state index contributed by atoms with van der Waals surface area (Å²) in [5.41, 5.74) is 0. The molecule has 7 heteroatoms. The third-order valence-corrected chi connectivity index (χ3v) is 9.81. The predicted octanol–water partition coefficient (Wildman–Crippen LogP) is 2.57. The SMILES string of the molecule is CC(=O)O[C@@]12O[C@@H]1[C@@H](O[Si](C)(C)C(C)(C)C)[C@H]1OC(C)(C)O[C@H]12. The largest absolute Gasteiger partial charge is 0.427 e. The Hall–Kier alpha value is -0.473.